The van der Waals surface area contributed by atoms with Crippen LogP contribution in [0.1, 0.15) is 11.7 Å². The fourth-order valence-corrected chi connectivity index (χ4v) is 2.35. The zero-order valence-electron chi connectivity index (χ0n) is 8.88. The van der Waals surface area contributed by atoms with Gasteiger partial charge in [0.25, 0.3) is 10.1 Å². The standard InChI is InChI=1S/C12H11FO3S/c13-12(8-17(14,15)16)11-7-3-5-9-4-1-2-6-10(9)11/h1-7,12H,8H2,(H,14,15,16). The minimum absolute atomic E-state index is 0.278. The van der Waals surface area contributed by atoms with E-state index in [1.54, 1.807) is 18.2 Å². The van der Waals surface area contributed by atoms with Gasteiger partial charge in [-0.3, -0.25) is 4.55 Å². The van der Waals surface area contributed by atoms with E-state index < -0.39 is 22.0 Å². The van der Waals surface area contributed by atoms with Gasteiger partial charge in [-0.15, -0.1) is 0 Å². The molecule has 5 heteroatoms. The summed E-state index contributed by atoms with van der Waals surface area (Å²) in [4.78, 5) is 0. The monoisotopic (exact) mass is 254 g/mol. The highest BCUT2D eigenvalue weighted by Gasteiger charge is 2.19. The highest BCUT2D eigenvalue weighted by Crippen LogP contribution is 2.27. The minimum atomic E-state index is -4.32. The second-order valence-electron chi connectivity index (χ2n) is 3.78. The van der Waals surface area contributed by atoms with Crippen LogP contribution in [0, 0.1) is 0 Å². The van der Waals surface area contributed by atoms with Gasteiger partial charge in [-0.2, -0.15) is 8.42 Å². The van der Waals surface area contributed by atoms with E-state index in [9.17, 15) is 12.8 Å². The lowest BCUT2D eigenvalue weighted by molar-refractivity contribution is 0.365. The molecule has 0 aliphatic carbocycles. The van der Waals surface area contributed by atoms with Crippen molar-refractivity contribution in [1.82, 2.24) is 0 Å². The first-order chi connectivity index (χ1) is 7.97. The molecule has 0 fully saturated rings. The van der Waals surface area contributed by atoms with Gasteiger partial charge in [-0.25, -0.2) is 4.39 Å². The van der Waals surface area contributed by atoms with Crippen LogP contribution in [-0.4, -0.2) is 18.7 Å². The molecule has 0 aromatic heterocycles. The second kappa shape index (κ2) is 4.43. The fraction of sp³-hybridized carbons (Fsp3) is 0.167. The number of benzene rings is 2. The molecule has 1 unspecified atom stereocenters. The Morgan fingerprint density at radius 1 is 1.12 bits per heavy atom. The molecule has 0 bridgehead atoms. The molecule has 0 saturated carbocycles. The summed E-state index contributed by atoms with van der Waals surface area (Å²) in [5.74, 6) is -0.916. The maximum absolute atomic E-state index is 13.8. The van der Waals surface area contributed by atoms with Crippen LogP contribution in [0.3, 0.4) is 0 Å². The Morgan fingerprint density at radius 2 is 1.76 bits per heavy atom. The molecule has 3 nitrogen and oxygen atoms in total. The van der Waals surface area contributed by atoms with Crippen molar-refractivity contribution < 1.29 is 17.4 Å². The first-order valence-corrected chi connectivity index (χ1v) is 6.65. The second-order valence-corrected chi connectivity index (χ2v) is 5.28. The molecular formula is C12H11FO3S. The van der Waals surface area contributed by atoms with E-state index in [0.29, 0.717) is 5.39 Å². The Hall–Kier alpha value is -1.46. The molecule has 2 aromatic rings. The molecule has 2 rings (SSSR count). The third kappa shape index (κ3) is 2.81. The van der Waals surface area contributed by atoms with Crippen molar-refractivity contribution >= 4 is 20.9 Å². The molecule has 1 N–H and O–H groups in total. The molecule has 0 spiro atoms. The summed E-state index contributed by atoms with van der Waals surface area (Å²) in [6, 6.07) is 12.1. The van der Waals surface area contributed by atoms with Crippen LogP contribution >= 0.6 is 0 Å². The van der Waals surface area contributed by atoms with Crippen molar-refractivity contribution in [2.75, 3.05) is 5.75 Å². The van der Waals surface area contributed by atoms with E-state index in [-0.39, 0.29) is 5.56 Å². The largest absolute Gasteiger partial charge is 0.285 e. The molecule has 0 heterocycles. The summed E-state index contributed by atoms with van der Waals surface area (Å²) >= 11 is 0. The summed E-state index contributed by atoms with van der Waals surface area (Å²) in [7, 11) is -4.32. The molecule has 1 atom stereocenters. The van der Waals surface area contributed by atoms with Crippen molar-refractivity contribution in [3.63, 3.8) is 0 Å². The Morgan fingerprint density at radius 3 is 2.47 bits per heavy atom. The lowest BCUT2D eigenvalue weighted by atomic mass is 10.0. The first-order valence-electron chi connectivity index (χ1n) is 5.04. The van der Waals surface area contributed by atoms with E-state index in [4.69, 9.17) is 4.55 Å². The SMILES string of the molecule is O=S(=O)(O)CC(F)c1cccc2ccccc12. The van der Waals surface area contributed by atoms with Crippen LogP contribution in [0.5, 0.6) is 0 Å². The Bertz CT molecular complexity index is 632. The predicted molar refractivity (Wildman–Crippen MR) is 64.2 cm³/mol. The highest BCUT2D eigenvalue weighted by molar-refractivity contribution is 7.85. The zero-order chi connectivity index (χ0) is 12.5. The van der Waals surface area contributed by atoms with E-state index in [0.717, 1.165) is 5.39 Å². The summed E-state index contributed by atoms with van der Waals surface area (Å²) in [6.45, 7) is 0. The van der Waals surface area contributed by atoms with Crippen molar-refractivity contribution in [2.24, 2.45) is 0 Å². The number of fused-ring (bicyclic) bond motifs is 1. The number of hydrogen-bond acceptors (Lipinski definition) is 2. The van der Waals surface area contributed by atoms with Crippen LogP contribution in [-0.2, 0) is 10.1 Å². The molecule has 90 valence electrons. The number of hydrogen-bond donors (Lipinski definition) is 1. The summed E-state index contributed by atoms with van der Waals surface area (Å²) in [6.07, 6.45) is -1.73. The Kier molecular flexibility index (Phi) is 3.13. The Balaban J connectivity index is 2.48. The van der Waals surface area contributed by atoms with Gasteiger partial charge in [0.2, 0.25) is 0 Å². The van der Waals surface area contributed by atoms with Gasteiger partial charge < -0.3 is 0 Å². The molecular weight excluding hydrogens is 243 g/mol. The summed E-state index contributed by atoms with van der Waals surface area (Å²) < 4.78 is 43.8. The molecule has 0 aliphatic heterocycles. The zero-order valence-corrected chi connectivity index (χ0v) is 9.69. The lowest BCUT2D eigenvalue weighted by Crippen LogP contribution is -2.10. The average Bonchev–Trinajstić information content (AvgIpc) is 2.26. The summed E-state index contributed by atoms with van der Waals surface area (Å²) in [5, 5.41) is 1.49. The van der Waals surface area contributed by atoms with Crippen LogP contribution in [0.25, 0.3) is 10.8 Å². The van der Waals surface area contributed by atoms with Crippen molar-refractivity contribution in [1.29, 1.82) is 0 Å². The van der Waals surface area contributed by atoms with E-state index in [1.165, 1.54) is 6.07 Å². The van der Waals surface area contributed by atoms with E-state index >= 15 is 0 Å². The normalized spacial score (nSPS) is 13.8. The van der Waals surface area contributed by atoms with Crippen molar-refractivity contribution in [3.8, 4) is 0 Å². The predicted octanol–water partition coefficient (Wildman–Crippen LogP) is 2.74. The van der Waals surface area contributed by atoms with Gasteiger partial charge >= 0.3 is 0 Å². The van der Waals surface area contributed by atoms with Gasteiger partial charge in [-0.05, 0) is 16.3 Å². The van der Waals surface area contributed by atoms with Crippen molar-refractivity contribution in [2.45, 2.75) is 6.17 Å². The number of rotatable bonds is 3. The number of halogens is 1. The van der Waals surface area contributed by atoms with Gasteiger partial charge in [-0.1, -0.05) is 42.5 Å². The van der Waals surface area contributed by atoms with Gasteiger partial charge in [0.15, 0.2) is 0 Å². The third-order valence-electron chi connectivity index (χ3n) is 2.52. The smallest absolute Gasteiger partial charge is 0.268 e. The quantitative estimate of drug-likeness (QED) is 0.857. The average molecular weight is 254 g/mol. The maximum Gasteiger partial charge on any atom is 0.268 e. The molecule has 0 amide bonds. The molecule has 0 saturated heterocycles. The van der Waals surface area contributed by atoms with Gasteiger partial charge in [0, 0.05) is 0 Å². The number of alkyl halides is 1. The maximum atomic E-state index is 13.8. The highest BCUT2D eigenvalue weighted by atomic mass is 32.2. The first kappa shape index (κ1) is 12.0. The van der Waals surface area contributed by atoms with E-state index in [1.807, 2.05) is 18.2 Å². The van der Waals surface area contributed by atoms with Crippen LogP contribution < -0.4 is 0 Å². The lowest BCUT2D eigenvalue weighted by Gasteiger charge is -2.10. The molecule has 0 aliphatic rings. The van der Waals surface area contributed by atoms with Crippen LogP contribution in [0.15, 0.2) is 42.5 Å². The van der Waals surface area contributed by atoms with Gasteiger partial charge in [0.05, 0.1) is 0 Å². The topological polar surface area (TPSA) is 54.4 Å². The third-order valence-corrected chi connectivity index (χ3v) is 3.23. The summed E-state index contributed by atoms with van der Waals surface area (Å²) in [5.41, 5.74) is 0.278. The van der Waals surface area contributed by atoms with E-state index in [2.05, 4.69) is 0 Å². The van der Waals surface area contributed by atoms with Crippen LogP contribution in [0.2, 0.25) is 0 Å². The van der Waals surface area contributed by atoms with Crippen molar-refractivity contribution in [3.05, 3.63) is 48.0 Å². The molecule has 17 heavy (non-hydrogen) atoms. The van der Waals surface area contributed by atoms with Crippen LogP contribution in [0.4, 0.5) is 4.39 Å². The fourth-order valence-electron chi connectivity index (χ4n) is 1.80. The molecule has 2 aromatic carbocycles. The Labute approximate surface area is 98.6 Å². The van der Waals surface area contributed by atoms with Gasteiger partial charge in [0.1, 0.15) is 11.9 Å². The minimum Gasteiger partial charge on any atom is -0.285 e. The molecule has 0 radical (unpaired) electrons.